The van der Waals surface area contributed by atoms with Crippen LogP contribution in [0.3, 0.4) is 0 Å². The molecule has 5 nitrogen and oxygen atoms in total. The van der Waals surface area contributed by atoms with Crippen molar-refractivity contribution in [2.75, 3.05) is 39.3 Å². The van der Waals surface area contributed by atoms with Crippen molar-refractivity contribution in [1.82, 2.24) is 9.80 Å². The summed E-state index contributed by atoms with van der Waals surface area (Å²) >= 11 is 0. The fourth-order valence-corrected chi connectivity index (χ4v) is 3.14. The molecule has 0 atom stereocenters. The number of aryl methyl sites for hydroxylation is 2. The van der Waals surface area contributed by atoms with Crippen LogP contribution in [0.25, 0.3) is 0 Å². The highest BCUT2D eigenvalue weighted by Gasteiger charge is 2.23. The number of rotatable bonds is 6. The lowest BCUT2D eigenvalue weighted by Crippen LogP contribution is -2.51. The standard InChI is InChI=1S/C22H25FN2O3/c1-16-3-6-19(7-4-16)28-15-22(27)25-11-9-24(10-12-25)14-21(26)18-5-8-20(23)17(2)13-18/h3-8,13H,9-12,14-15H2,1-2H3. The molecule has 0 N–H and O–H groups in total. The Morgan fingerprint density at radius 2 is 1.68 bits per heavy atom. The van der Waals surface area contributed by atoms with Gasteiger partial charge in [-0.2, -0.15) is 0 Å². The van der Waals surface area contributed by atoms with Crippen LogP contribution in [-0.2, 0) is 4.79 Å². The molecule has 0 aliphatic carbocycles. The zero-order chi connectivity index (χ0) is 20.1. The van der Waals surface area contributed by atoms with E-state index < -0.39 is 0 Å². The summed E-state index contributed by atoms with van der Waals surface area (Å²) in [6.45, 7) is 6.30. The molecular weight excluding hydrogens is 359 g/mol. The van der Waals surface area contributed by atoms with Gasteiger partial charge in [-0.05, 0) is 49.7 Å². The fraction of sp³-hybridized carbons (Fsp3) is 0.364. The predicted octanol–water partition coefficient (Wildman–Crippen LogP) is 2.85. The highest BCUT2D eigenvalue weighted by atomic mass is 19.1. The molecule has 2 aromatic carbocycles. The molecule has 28 heavy (non-hydrogen) atoms. The van der Waals surface area contributed by atoms with E-state index in [1.165, 1.54) is 12.1 Å². The number of hydrogen-bond donors (Lipinski definition) is 0. The van der Waals surface area contributed by atoms with E-state index in [-0.39, 0.29) is 30.7 Å². The molecule has 2 aromatic rings. The molecule has 0 unspecified atom stereocenters. The van der Waals surface area contributed by atoms with E-state index >= 15 is 0 Å². The SMILES string of the molecule is Cc1ccc(OCC(=O)N2CCN(CC(=O)c3ccc(F)c(C)c3)CC2)cc1. The Morgan fingerprint density at radius 3 is 2.32 bits per heavy atom. The Balaban J connectivity index is 1.44. The minimum Gasteiger partial charge on any atom is -0.484 e. The van der Waals surface area contributed by atoms with Crippen molar-refractivity contribution in [1.29, 1.82) is 0 Å². The maximum absolute atomic E-state index is 13.4. The molecule has 1 aliphatic rings. The van der Waals surface area contributed by atoms with E-state index in [0.29, 0.717) is 43.1 Å². The summed E-state index contributed by atoms with van der Waals surface area (Å²) in [5.41, 5.74) is 2.12. The van der Waals surface area contributed by atoms with Gasteiger partial charge in [0.1, 0.15) is 11.6 Å². The van der Waals surface area contributed by atoms with Crippen molar-refractivity contribution in [2.45, 2.75) is 13.8 Å². The van der Waals surface area contributed by atoms with Gasteiger partial charge in [-0.3, -0.25) is 14.5 Å². The summed E-state index contributed by atoms with van der Waals surface area (Å²) in [5, 5.41) is 0. The number of amides is 1. The third kappa shape index (κ3) is 5.16. The number of nitrogens with zero attached hydrogens (tertiary/aromatic N) is 2. The Morgan fingerprint density at radius 1 is 1.00 bits per heavy atom. The lowest BCUT2D eigenvalue weighted by Gasteiger charge is -2.34. The number of halogens is 1. The summed E-state index contributed by atoms with van der Waals surface area (Å²) in [6.07, 6.45) is 0. The molecule has 0 spiro atoms. The molecule has 148 valence electrons. The first-order valence-corrected chi connectivity index (χ1v) is 9.41. The van der Waals surface area contributed by atoms with Crippen LogP contribution >= 0.6 is 0 Å². The van der Waals surface area contributed by atoms with E-state index in [9.17, 15) is 14.0 Å². The van der Waals surface area contributed by atoms with Crippen LogP contribution in [0.4, 0.5) is 4.39 Å². The average Bonchev–Trinajstić information content (AvgIpc) is 2.70. The van der Waals surface area contributed by atoms with Crippen LogP contribution in [0, 0.1) is 19.7 Å². The van der Waals surface area contributed by atoms with Gasteiger partial charge < -0.3 is 9.64 Å². The molecule has 6 heteroatoms. The van der Waals surface area contributed by atoms with E-state index in [1.807, 2.05) is 36.1 Å². The number of carbonyl (C=O) groups is 2. The topological polar surface area (TPSA) is 49.9 Å². The number of Topliss-reactive ketones (excluding diaryl/α,β-unsaturated/α-hetero) is 1. The molecule has 0 aromatic heterocycles. The maximum atomic E-state index is 13.4. The van der Waals surface area contributed by atoms with Crippen molar-refractivity contribution in [3.05, 3.63) is 65.0 Å². The van der Waals surface area contributed by atoms with Crippen molar-refractivity contribution >= 4 is 11.7 Å². The molecule has 1 aliphatic heterocycles. The predicted molar refractivity (Wildman–Crippen MR) is 105 cm³/mol. The zero-order valence-electron chi connectivity index (χ0n) is 16.3. The first-order valence-electron chi connectivity index (χ1n) is 9.41. The van der Waals surface area contributed by atoms with Crippen molar-refractivity contribution in [2.24, 2.45) is 0 Å². The van der Waals surface area contributed by atoms with E-state index in [0.717, 1.165) is 5.56 Å². The second-order valence-electron chi connectivity index (χ2n) is 7.15. The lowest BCUT2D eigenvalue weighted by molar-refractivity contribution is -0.135. The minimum absolute atomic E-state index is 0.0108. The van der Waals surface area contributed by atoms with E-state index in [4.69, 9.17) is 4.74 Å². The second kappa shape index (κ2) is 8.97. The molecule has 0 bridgehead atoms. The van der Waals surface area contributed by atoms with Crippen molar-refractivity contribution in [3.8, 4) is 5.75 Å². The Bertz CT molecular complexity index is 843. The van der Waals surface area contributed by atoms with Crippen LogP contribution in [0.5, 0.6) is 5.75 Å². The minimum atomic E-state index is -0.309. The van der Waals surface area contributed by atoms with E-state index in [1.54, 1.807) is 17.9 Å². The Kier molecular flexibility index (Phi) is 6.41. The molecule has 0 saturated carbocycles. The summed E-state index contributed by atoms with van der Waals surface area (Å²) in [5.74, 6) is 0.278. The molecule has 1 heterocycles. The number of ketones is 1. The fourth-order valence-electron chi connectivity index (χ4n) is 3.14. The Hall–Kier alpha value is -2.73. The Labute approximate surface area is 164 Å². The number of benzene rings is 2. The van der Waals surface area contributed by atoms with Crippen LogP contribution in [0.15, 0.2) is 42.5 Å². The smallest absolute Gasteiger partial charge is 0.260 e. The van der Waals surface area contributed by atoms with Gasteiger partial charge in [0.15, 0.2) is 12.4 Å². The normalized spacial score (nSPS) is 14.8. The summed E-state index contributed by atoms with van der Waals surface area (Å²) in [4.78, 5) is 28.5. The number of ether oxygens (including phenoxy) is 1. The summed E-state index contributed by atoms with van der Waals surface area (Å²) in [6, 6.07) is 12.0. The summed E-state index contributed by atoms with van der Waals surface area (Å²) < 4.78 is 18.9. The van der Waals surface area contributed by atoms with Gasteiger partial charge in [0.2, 0.25) is 0 Å². The first-order chi connectivity index (χ1) is 13.4. The van der Waals surface area contributed by atoms with Gasteiger partial charge in [0.25, 0.3) is 5.91 Å². The molecule has 0 radical (unpaired) electrons. The second-order valence-corrected chi connectivity index (χ2v) is 7.15. The number of carbonyl (C=O) groups excluding carboxylic acids is 2. The maximum Gasteiger partial charge on any atom is 0.260 e. The highest BCUT2D eigenvalue weighted by molar-refractivity contribution is 5.97. The molecule has 1 fully saturated rings. The third-order valence-electron chi connectivity index (χ3n) is 4.96. The van der Waals surface area contributed by atoms with Crippen LogP contribution in [-0.4, -0.2) is 60.8 Å². The van der Waals surface area contributed by atoms with Crippen molar-refractivity contribution < 1.29 is 18.7 Å². The van der Waals surface area contributed by atoms with Gasteiger partial charge >= 0.3 is 0 Å². The van der Waals surface area contributed by atoms with Crippen molar-refractivity contribution in [3.63, 3.8) is 0 Å². The number of hydrogen-bond acceptors (Lipinski definition) is 4. The molecule has 1 amide bonds. The third-order valence-corrected chi connectivity index (χ3v) is 4.96. The van der Waals surface area contributed by atoms with Gasteiger partial charge in [0, 0.05) is 31.7 Å². The lowest BCUT2D eigenvalue weighted by atomic mass is 10.1. The largest absolute Gasteiger partial charge is 0.484 e. The highest BCUT2D eigenvalue weighted by Crippen LogP contribution is 2.13. The number of piperazine rings is 1. The van der Waals surface area contributed by atoms with Gasteiger partial charge in [-0.15, -0.1) is 0 Å². The average molecular weight is 384 g/mol. The van der Waals surface area contributed by atoms with Gasteiger partial charge in [-0.25, -0.2) is 4.39 Å². The molecule has 3 rings (SSSR count). The summed E-state index contributed by atoms with van der Waals surface area (Å²) in [7, 11) is 0. The molecule has 1 saturated heterocycles. The van der Waals surface area contributed by atoms with E-state index in [2.05, 4.69) is 0 Å². The first kappa shape index (κ1) is 20.0. The van der Waals surface area contributed by atoms with Crippen LogP contribution in [0.1, 0.15) is 21.5 Å². The monoisotopic (exact) mass is 384 g/mol. The van der Waals surface area contributed by atoms with Gasteiger partial charge in [-0.1, -0.05) is 17.7 Å². The zero-order valence-corrected chi connectivity index (χ0v) is 16.3. The quantitative estimate of drug-likeness (QED) is 0.719. The van der Waals surface area contributed by atoms with Crippen LogP contribution < -0.4 is 4.74 Å². The van der Waals surface area contributed by atoms with Gasteiger partial charge in [0.05, 0.1) is 6.54 Å². The molecular formula is C22H25FN2O3. The van der Waals surface area contributed by atoms with Crippen LogP contribution in [0.2, 0.25) is 0 Å².